The third-order valence-electron chi connectivity index (χ3n) is 5.63. The predicted molar refractivity (Wildman–Crippen MR) is 106 cm³/mol. The number of hydrogen-bond acceptors (Lipinski definition) is 5. The predicted octanol–water partition coefficient (Wildman–Crippen LogP) is 2.98. The Labute approximate surface area is 169 Å². The molecule has 9 heteroatoms. The van der Waals surface area contributed by atoms with Crippen LogP contribution in [0.2, 0.25) is 0 Å². The van der Waals surface area contributed by atoms with Gasteiger partial charge in [-0.15, -0.1) is 0 Å². The number of rotatable bonds is 4. The van der Waals surface area contributed by atoms with Crippen molar-refractivity contribution in [1.82, 2.24) is 10.2 Å². The zero-order chi connectivity index (χ0) is 21.6. The van der Waals surface area contributed by atoms with Gasteiger partial charge in [0.1, 0.15) is 12.1 Å². The molecule has 1 saturated carbocycles. The molecule has 1 aromatic carbocycles. The number of nitrogens with one attached hydrogen (secondary N) is 2. The summed E-state index contributed by atoms with van der Waals surface area (Å²) < 4.78 is 0. The zero-order valence-electron chi connectivity index (χ0n) is 17.1. The van der Waals surface area contributed by atoms with Crippen molar-refractivity contribution in [3.05, 3.63) is 33.9 Å². The molecule has 0 unspecified atom stereocenters. The molecular formula is C20H26N4O5. The molecule has 1 heterocycles. The van der Waals surface area contributed by atoms with Gasteiger partial charge in [-0.05, 0) is 43.1 Å². The Morgan fingerprint density at radius 2 is 2.03 bits per heavy atom. The summed E-state index contributed by atoms with van der Waals surface area (Å²) in [4.78, 5) is 49.4. The van der Waals surface area contributed by atoms with E-state index in [1.54, 1.807) is 6.92 Å². The standard InChI is InChI=1S/C20H26N4O5/c1-12-8-19(3,4)11-20(9-12)17(26)23(18(27)22-20)10-16(25)21-15-7-14(24(28)29)6-5-13(15)2/h5-7,12H,8-11H2,1-4H3,(H,21,25)(H,22,27)/t12-,20-/m1/s1. The number of nitrogens with zero attached hydrogens (tertiary/aromatic N) is 2. The van der Waals surface area contributed by atoms with E-state index < -0.39 is 28.9 Å². The molecule has 4 amide bonds. The summed E-state index contributed by atoms with van der Waals surface area (Å²) in [5.74, 6) is -0.699. The Morgan fingerprint density at radius 1 is 1.34 bits per heavy atom. The normalized spacial score (nSPS) is 25.8. The Kier molecular flexibility index (Phi) is 5.10. The highest BCUT2D eigenvalue weighted by molar-refractivity contribution is 6.10. The molecule has 1 aromatic rings. The molecule has 2 aliphatic rings. The van der Waals surface area contributed by atoms with E-state index in [9.17, 15) is 24.5 Å². The summed E-state index contributed by atoms with van der Waals surface area (Å²) in [6.45, 7) is 7.47. The average molecular weight is 402 g/mol. The minimum Gasteiger partial charge on any atom is -0.324 e. The second-order valence-corrected chi connectivity index (χ2v) is 9.06. The molecule has 1 aliphatic heterocycles. The minimum atomic E-state index is -0.972. The Bertz CT molecular complexity index is 897. The number of imide groups is 1. The summed E-state index contributed by atoms with van der Waals surface area (Å²) in [6.07, 6.45) is 2.03. The molecule has 1 aliphatic carbocycles. The lowest BCUT2D eigenvalue weighted by atomic mass is 9.64. The smallest absolute Gasteiger partial charge is 0.324 e. The van der Waals surface area contributed by atoms with Gasteiger partial charge < -0.3 is 10.6 Å². The van der Waals surface area contributed by atoms with Crippen molar-refractivity contribution in [3.63, 3.8) is 0 Å². The van der Waals surface area contributed by atoms with E-state index in [4.69, 9.17) is 0 Å². The monoisotopic (exact) mass is 402 g/mol. The first-order valence-corrected chi connectivity index (χ1v) is 9.61. The van der Waals surface area contributed by atoms with E-state index in [-0.39, 0.29) is 28.6 Å². The molecule has 9 nitrogen and oxygen atoms in total. The highest BCUT2D eigenvalue weighted by Crippen LogP contribution is 2.46. The maximum Gasteiger partial charge on any atom is 0.325 e. The number of carbonyl (C=O) groups is 3. The van der Waals surface area contributed by atoms with Crippen LogP contribution in [0.5, 0.6) is 0 Å². The SMILES string of the molecule is Cc1ccc([N+](=O)[O-])cc1NC(=O)CN1C(=O)N[C@@]2(C[C@H](C)CC(C)(C)C2)C1=O. The largest absolute Gasteiger partial charge is 0.325 e. The molecule has 0 aromatic heterocycles. The van der Waals surface area contributed by atoms with Crippen LogP contribution < -0.4 is 10.6 Å². The molecule has 3 rings (SSSR count). The van der Waals surface area contributed by atoms with Crippen LogP contribution in [0.25, 0.3) is 0 Å². The van der Waals surface area contributed by atoms with Crippen molar-refractivity contribution in [2.24, 2.45) is 11.3 Å². The van der Waals surface area contributed by atoms with Gasteiger partial charge in [-0.2, -0.15) is 0 Å². The van der Waals surface area contributed by atoms with Gasteiger partial charge in [0.2, 0.25) is 5.91 Å². The zero-order valence-corrected chi connectivity index (χ0v) is 17.1. The third-order valence-corrected chi connectivity index (χ3v) is 5.63. The number of amides is 4. The van der Waals surface area contributed by atoms with E-state index in [0.717, 1.165) is 11.3 Å². The molecule has 1 spiro atoms. The fraction of sp³-hybridized carbons (Fsp3) is 0.550. The van der Waals surface area contributed by atoms with E-state index in [2.05, 4.69) is 31.4 Å². The minimum absolute atomic E-state index is 0.0983. The topological polar surface area (TPSA) is 122 Å². The van der Waals surface area contributed by atoms with Crippen LogP contribution in [0.3, 0.4) is 0 Å². The lowest BCUT2D eigenvalue weighted by molar-refractivity contribution is -0.384. The van der Waals surface area contributed by atoms with Crippen LogP contribution >= 0.6 is 0 Å². The van der Waals surface area contributed by atoms with Crippen LogP contribution in [0.15, 0.2) is 18.2 Å². The van der Waals surface area contributed by atoms with Crippen LogP contribution in [0, 0.1) is 28.4 Å². The molecule has 2 N–H and O–H groups in total. The second-order valence-electron chi connectivity index (χ2n) is 9.06. The van der Waals surface area contributed by atoms with E-state index >= 15 is 0 Å². The number of nitro benzene ring substituents is 1. The summed E-state index contributed by atoms with van der Waals surface area (Å²) in [7, 11) is 0. The van der Waals surface area contributed by atoms with Crippen LogP contribution in [0.4, 0.5) is 16.2 Å². The number of carbonyl (C=O) groups excluding carboxylic acids is 3. The Hall–Kier alpha value is -2.97. The molecule has 1 saturated heterocycles. The van der Waals surface area contributed by atoms with Crippen molar-refractivity contribution in [1.29, 1.82) is 0 Å². The number of hydrogen-bond donors (Lipinski definition) is 2. The molecule has 29 heavy (non-hydrogen) atoms. The van der Waals surface area contributed by atoms with Crippen LogP contribution in [0.1, 0.15) is 45.6 Å². The Balaban J connectivity index is 1.75. The first-order chi connectivity index (χ1) is 13.4. The first kappa shape index (κ1) is 20.8. The number of aryl methyl sites for hydroxylation is 1. The van der Waals surface area contributed by atoms with Crippen LogP contribution in [-0.2, 0) is 9.59 Å². The molecule has 156 valence electrons. The highest BCUT2D eigenvalue weighted by atomic mass is 16.6. The summed E-state index contributed by atoms with van der Waals surface area (Å²) >= 11 is 0. The molecule has 0 radical (unpaired) electrons. The van der Waals surface area contributed by atoms with Gasteiger partial charge in [-0.1, -0.05) is 26.8 Å². The van der Waals surface area contributed by atoms with Crippen LogP contribution in [-0.4, -0.2) is 39.8 Å². The van der Waals surface area contributed by atoms with Gasteiger partial charge in [-0.3, -0.25) is 24.6 Å². The number of anilines is 1. The van der Waals surface area contributed by atoms with E-state index in [0.29, 0.717) is 18.4 Å². The van der Waals surface area contributed by atoms with Gasteiger partial charge in [0.05, 0.1) is 10.6 Å². The number of benzene rings is 1. The van der Waals surface area contributed by atoms with Crippen molar-refractivity contribution in [2.45, 2.75) is 52.5 Å². The van der Waals surface area contributed by atoms with Gasteiger partial charge in [0.15, 0.2) is 0 Å². The maximum absolute atomic E-state index is 13.1. The van der Waals surface area contributed by atoms with Crippen molar-refractivity contribution in [2.75, 3.05) is 11.9 Å². The average Bonchev–Trinajstić information content (AvgIpc) is 2.78. The van der Waals surface area contributed by atoms with Crippen molar-refractivity contribution in [3.8, 4) is 0 Å². The first-order valence-electron chi connectivity index (χ1n) is 9.61. The fourth-order valence-electron chi connectivity index (χ4n) is 4.84. The fourth-order valence-corrected chi connectivity index (χ4v) is 4.84. The van der Waals surface area contributed by atoms with E-state index in [1.165, 1.54) is 18.2 Å². The highest BCUT2D eigenvalue weighted by Gasteiger charge is 2.56. The Morgan fingerprint density at radius 3 is 2.66 bits per heavy atom. The van der Waals surface area contributed by atoms with Gasteiger partial charge in [0.25, 0.3) is 11.6 Å². The quantitative estimate of drug-likeness (QED) is 0.455. The maximum atomic E-state index is 13.1. The van der Waals surface area contributed by atoms with E-state index in [1.807, 2.05) is 0 Å². The number of nitro groups is 1. The van der Waals surface area contributed by atoms with Gasteiger partial charge >= 0.3 is 6.03 Å². The number of urea groups is 1. The van der Waals surface area contributed by atoms with Crippen molar-refractivity contribution >= 4 is 29.2 Å². The number of non-ortho nitro benzene ring substituents is 1. The molecule has 2 atom stereocenters. The van der Waals surface area contributed by atoms with Crippen molar-refractivity contribution < 1.29 is 19.3 Å². The summed E-state index contributed by atoms with van der Waals surface area (Å²) in [5.41, 5.74) is -0.309. The van der Waals surface area contributed by atoms with Gasteiger partial charge in [-0.25, -0.2) is 4.79 Å². The third kappa shape index (κ3) is 4.08. The molecule has 2 fully saturated rings. The molecular weight excluding hydrogens is 376 g/mol. The lowest BCUT2D eigenvalue weighted by Gasteiger charge is -2.43. The van der Waals surface area contributed by atoms with Gasteiger partial charge in [0, 0.05) is 12.1 Å². The molecule has 0 bridgehead atoms. The lowest BCUT2D eigenvalue weighted by Crippen LogP contribution is -2.54. The summed E-state index contributed by atoms with van der Waals surface area (Å²) in [5, 5.41) is 16.4. The second kappa shape index (κ2) is 7.13. The summed E-state index contributed by atoms with van der Waals surface area (Å²) in [6, 6.07) is 3.55.